The monoisotopic (exact) mass is 335 g/mol. The van der Waals surface area contributed by atoms with Crippen LogP contribution in [0.4, 0.5) is 5.69 Å². The van der Waals surface area contributed by atoms with Crippen molar-refractivity contribution in [2.75, 3.05) is 17.3 Å². The first kappa shape index (κ1) is 16.6. The molecule has 1 N–H and O–H groups in total. The number of benzene rings is 2. The van der Waals surface area contributed by atoms with E-state index in [9.17, 15) is 13.2 Å². The first-order valence-electron chi connectivity index (χ1n) is 6.75. The molecule has 0 aliphatic rings. The largest absolute Gasteiger partial charge is 0.321 e. The van der Waals surface area contributed by atoms with Gasteiger partial charge < -0.3 is 5.32 Å². The quantitative estimate of drug-likeness (QED) is 0.850. The predicted molar refractivity (Wildman–Crippen MR) is 90.3 cm³/mol. The van der Waals surface area contributed by atoms with Crippen molar-refractivity contribution < 1.29 is 13.2 Å². The number of hydrogen-bond acceptors (Lipinski definition) is 4. The number of nitrogens with one attached hydrogen (secondary N) is 1. The Labute approximate surface area is 134 Å². The summed E-state index contributed by atoms with van der Waals surface area (Å²) in [4.78, 5) is 13.5. The normalized spacial score (nSPS) is 11.2. The molecule has 0 aliphatic heterocycles. The van der Waals surface area contributed by atoms with Crippen molar-refractivity contribution in [3.63, 3.8) is 0 Å². The Morgan fingerprint density at radius 2 is 1.73 bits per heavy atom. The van der Waals surface area contributed by atoms with E-state index in [1.165, 1.54) is 6.07 Å². The van der Waals surface area contributed by atoms with E-state index in [0.717, 1.165) is 16.9 Å². The van der Waals surface area contributed by atoms with Crippen LogP contribution in [-0.4, -0.2) is 26.3 Å². The van der Waals surface area contributed by atoms with E-state index in [1.54, 1.807) is 42.1 Å². The first-order valence-corrected chi connectivity index (χ1v) is 9.63. The second-order valence-corrected chi connectivity index (χ2v) is 7.94. The smallest absolute Gasteiger partial charge is 0.256 e. The Morgan fingerprint density at radius 1 is 1.09 bits per heavy atom. The minimum Gasteiger partial charge on any atom is -0.321 e. The summed E-state index contributed by atoms with van der Waals surface area (Å²) in [5, 5.41) is 2.70. The molecule has 0 fully saturated rings. The Kier molecular flexibility index (Phi) is 5.26. The summed E-state index contributed by atoms with van der Waals surface area (Å²) in [6, 6.07) is 13.7. The van der Waals surface area contributed by atoms with E-state index in [2.05, 4.69) is 5.32 Å². The summed E-state index contributed by atoms with van der Waals surface area (Å²) in [6.07, 6.45) is 1.12. The maximum absolute atomic E-state index is 12.5. The predicted octanol–water partition coefficient (Wildman–Crippen LogP) is 3.45. The summed E-state index contributed by atoms with van der Waals surface area (Å²) in [6.45, 7) is 2.01. The lowest BCUT2D eigenvalue weighted by atomic mass is 10.2. The molecule has 0 spiro atoms. The fourth-order valence-corrected chi connectivity index (χ4v) is 3.66. The van der Waals surface area contributed by atoms with Gasteiger partial charge in [-0.15, -0.1) is 11.8 Å². The van der Waals surface area contributed by atoms with Gasteiger partial charge in [-0.1, -0.05) is 31.2 Å². The van der Waals surface area contributed by atoms with Crippen molar-refractivity contribution in [3.8, 4) is 0 Å². The van der Waals surface area contributed by atoms with Gasteiger partial charge in [0.05, 0.1) is 16.1 Å². The van der Waals surface area contributed by atoms with Gasteiger partial charge in [0.15, 0.2) is 9.84 Å². The summed E-state index contributed by atoms with van der Waals surface area (Å²) >= 11 is 1.57. The minimum absolute atomic E-state index is 0.115. The molecule has 22 heavy (non-hydrogen) atoms. The maximum atomic E-state index is 12.5. The van der Waals surface area contributed by atoms with Crippen LogP contribution in [0.15, 0.2) is 58.3 Å². The van der Waals surface area contributed by atoms with Gasteiger partial charge >= 0.3 is 0 Å². The molecule has 0 heterocycles. The molecule has 4 nitrogen and oxygen atoms in total. The van der Waals surface area contributed by atoms with Crippen molar-refractivity contribution in [1.82, 2.24) is 0 Å². The highest BCUT2D eigenvalue weighted by atomic mass is 32.2. The van der Waals surface area contributed by atoms with Crippen molar-refractivity contribution in [2.45, 2.75) is 16.7 Å². The average molecular weight is 335 g/mol. The topological polar surface area (TPSA) is 63.2 Å². The molecule has 0 radical (unpaired) electrons. The van der Waals surface area contributed by atoms with Crippen molar-refractivity contribution in [2.24, 2.45) is 0 Å². The average Bonchev–Trinajstić information content (AvgIpc) is 2.47. The van der Waals surface area contributed by atoms with Gasteiger partial charge in [0.2, 0.25) is 0 Å². The molecule has 0 saturated carbocycles. The van der Waals surface area contributed by atoms with E-state index in [-0.39, 0.29) is 10.8 Å². The zero-order valence-corrected chi connectivity index (χ0v) is 14.0. The van der Waals surface area contributed by atoms with E-state index in [0.29, 0.717) is 11.3 Å². The fraction of sp³-hybridized carbons (Fsp3) is 0.188. The number of hydrogen-bond donors (Lipinski definition) is 1. The third-order valence-electron chi connectivity index (χ3n) is 2.97. The highest BCUT2D eigenvalue weighted by Crippen LogP contribution is 2.25. The van der Waals surface area contributed by atoms with Crippen LogP contribution in [0.25, 0.3) is 0 Å². The SMILES string of the molecule is CCSc1ccccc1C(=O)Nc1ccccc1S(C)(=O)=O. The molecule has 0 bridgehead atoms. The van der Waals surface area contributed by atoms with Crippen molar-refractivity contribution in [3.05, 3.63) is 54.1 Å². The van der Waals surface area contributed by atoms with Crippen LogP contribution in [-0.2, 0) is 9.84 Å². The second kappa shape index (κ2) is 6.98. The van der Waals surface area contributed by atoms with Crippen LogP contribution in [0, 0.1) is 0 Å². The standard InChI is InChI=1S/C16H17NO3S2/c1-3-21-14-10-6-4-8-12(14)16(18)17-13-9-5-7-11-15(13)22(2,19)20/h4-11H,3H2,1-2H3,(H,17,18). The number of para-hydroxylation sites is 1. The molecular formula is C16H17NO3S2. The molecule has 6 heteroatoms. The molecule has 0 unspecified atom stereocenters. The van der Waals surface area contributed by atoms with Crippen LogP contribution in [0.3, 0.4) is 0 Å². The molecule has 2 aromatic carbocycles. The molecule has 2 aromatic rings. The molecule has 0 saturated heterocycles. The Hall–Kier alpha value is -1.79. The number of carbonyl (C=O) groups excluding carboxylic acids is 1. The van der Waals surface area contributed by atoms with Crippen LogP contribution >= 0.6 is 11.8 Å². The lowest BCUT2D eigenvalue weighted by Gasteiger charge is -2.11. The van der Waals surface area contributed by atoms with Gasteiger partial charge in [0.25, 0.3) is 5.91 Å². The number of thioether (sulfide) groups is 1. The zero-order chi connectivity index (χ0) is 16.2. The summed E-state index contributed by atoms with van der Waals surface area (Å²) in [5.74, 6) is 0.539. The van der Waals surface area contributed by atoms with E-state index in [4.69, 9.17) is 0 Å². The van der Waals surface area contributed by atoms with Crippen molar-refractivity contribution >= 4 is 33.2 Å². The van der Waals surface area contributed by atoms with Gasteiger partial charge in [-0.2, -0.15) is 0 Å². The molecular weight excluding hydrogens is 318 g/mol. The number of rotatable bonds is 5. The summed E-state index contributed by atoms with van der Waals surface area (Å²) in [5.41, 5.74) is 0.837. The summed E-state index contributed by atoms with van der Waals surface area (Å²) < 4.78 is 23.6. The first-order chi connectivity index (χ1) is 10.4. The van der Waals surface area contributed by atoms with Crippen molar-refractivity contribution in [1.29, 1.82) is 0 Å². The van der Waals surface area contributed by atoms with Gasteiger partial charge in [-0.3, -0.25) is 4.79 Å². The van der Waals surface area contributed by atoms with E-state index < -0.39 is 9.84 Å². The number of carbonyl (C=O) groups is 1. The highest BCUT2D eigenvalue weighted by molar-refractivity contribution is 7.99. The third kappa shape index (κ3) is 3.90. The molecule has 116 valence electrons. The zero-order valence-electron chi connectivity index (χ0n) is 12.4. The lowest BCUT2D eigenvalue weighted by Crippen LogP contribution is -2.15. The Bertz CT molecular complexity index is 785. The van der Waals surface area contributed by atoms with Crippen LogP contribution < -0.4 is 5.32 Å². The van der Waals surface area contributed by atoms with Crippen LogP contribution in [0.2, 0.25) is 0 Å². The molecule has 2 rings (SSSR count). The summed E-state index contributed by atoms with van der Waals surface area (Å²) in [7, 11) is -3.40. The number of anilines is 1. The third-order valence-corrected chi connectivity index (χ3v) is 5.08. The lowest BCUT2D eigenvalue weighted by molar-refractivity contribution is 0.102. The molecule has 0 aliphatic carbocycles. The molecule has 0 aromatic heterocycles. The van der Waals surface area contributed by atoms with Gasteiger partial charge in [-0.05, 0) is 30.0 Å². The Morgan fingerprint density at radius 3 is 2.41 bits per heavy atom. The second-order valence-electron chi connectivity index (χ2n) is 4.65. The van der Waals surface area contributed by atoms with Gasteiger partial charge in [0.1, 0.15) is 0 Å². The highest BCUT2D eigenvalue weighted by Gasteiger charge is 2.16. The van der Waals surface area contributed by atoms with Gasteiger partial charge in [-0.25, -0.2) is 8.42 Å². The fourth-order valence-electron chi connectivity index (χ4n) is 2.02. The van der Waals surface area contributed by atoms with Gasteiger partial charge in [0, 0.05) is 11.2 Å². The Balaban J connectivity index is 2.35. The minimum atomic E-state index is -3.40. The van der Waals surface area contributed by atoms with Crippen LogP contribution in [0.1, 0.15) is 17.3 Å². The van der Waals surface area contributed by atoms with E-state index >= 15 is 0 Å². The van der Waals surface area contributed by atoms with E-state index in [1.807, 2.05) is 19.1 Å². The maximum Gasteiger partial charge on any atom is 0.256 e. The number of amides is 1. The molecule has 1 amide bonds. The van der Waals surface area contributed by atoms with Crippen LogP contribution in [0.5, 0.6) is 0 Å². The number of sulfone groups is 1. The molecule has 0 atom stereocenters.